The van der Waals surface area contributed by atoms with Crippen LogP contribution >= 0.6 is 11.3 Å². The molecule has 0 radical (unpaired) electrons. The van der Waals surface area contributed by atoms with Gasteiger partial charge in [-0.05, 0) is 61.6 Å². The Labute approximate surface area is 142 Å². The molecule has 122 valence electrons. The van der Waals surface area contributed by atoms with E-state index in [2.05, 4.69) is 39.5 Å². The van der Waals surface area contributed by atoms with E-state index >= 15 is 0 Å². The molecule has 0 N–H and O–H groups in total. The van der Waals surface area contributed by atoms with Crippen LogP contribution in [0.25, 0.3) is 0 Å². The molecule has 1 aliphatic heterocycles. The molecule has 0 aromatic carbocycles. The quantitative estimate of drug-likeness (QED) is 0.835. The molecular weight excluding hydrogens is 304 g/mol. The Morgan fingerprint density at radius 1 is 1.39 bits per heavy atom. The van der Waals surface area contributed by atoms with Crippen LogP contribution in [0, 0.1) is 12.8 Å². The minimum absolute atomic E-state index is 0.310. The van der Waals surface area contributed by atoms with Gasteiger partial charge in [0, 0.05) is 36.3 Å². The lowest BCUT2D eigenvalue weighted by atomic mass is 9.91. The SMILES string of the molecule is Cc1ccc(CC2CCCN(C(=O)CCc3cccs3)C2)cn1. The molecule has 0 spiro atoms. The zero-order valence-corrected chi connectivity index (χ0v) is 14.5. The number of aromatic nitrogens is 1. The van der Waals surface area contributed by atoms with Gasteiger partial charge in [0.1, 0.15) is 0 Å². The number of piperidine rings is 1. The summed E-state index contributed by atoms with van der Waals surface area (Å²) in [5.41, 5.74) is 2.34. The standard InChI is InChI=1S/C19H24N2OS/c1-15-6-7-16(13-20-15)12-17-4-2-10-21(14-17)19(22)9-8-18-5-3-11-23-18/h3,5-7,11,13,17H,2,4,8-10,12,14H2,1H3. The summed E-state index contributed by atoms with van der Waals surface area (Å²) < 4.78 is 0. The maximum atomic E-state index is 12.5. The van der Waals surface area contributed by atoms with Gasteiger partial charge in [0.15, 0.2) is 0 Å². The lowest BCUT2D eigenvalue weighted by Gasteiger charge is -2.33. The molecule has 1 aliphatic rings. The summed E-state index contributed by atoms with van der Waals surface area (Å²) in [6, 6.07) is 8.40. The molecule has 0 bridgehead atoms. The van der Waals surface area contributed by atoms with E-state index < -0.39 is 0 Å². The molecule has 3 rings (SSSR count). The van der Waals surface area contributed by atoms with Crippen LogP contribution in [0.3, 0.4) is 0 Å². The van der Waals surface area contributed by atoms with E-state index in [9.17, 15) is 4.79 Å². The Bertz CT molecular complexity index is 621. The zero-order chi connectivity index (χ0) is 16.1. The van der Waals surface area contributed by atoms with E-state index in [1.54, 1.807) is 11.3 Å². The molecule has 0 saturated carbocycles. The molecule has 3 heterocycles. The predicted molar refractivity (Wildman–Crippen MR) is 94.6 cm³/mol. The minimum Gasteiger partial charge on any atom is -0.342 e. The normalized spacial score (nSPS) is 18.1. The Hall–Kier alpha value is -1.68. The van der Waals surface area contributed by atoms with Gasteiger partial charge < -0.3 is 4.90 Å². The van der Waals surface area contributed by atoms with Gasteiger partial charge in [-0.15, -0.1) is 11.3 Å². The molecule has 3 nitrogen and oxygen atoms in total. The molecule has 4 heteroatoms. The molecule has 1 fully saturated rings. The molecule has 1 unspecified atom stereocenters. The van der Waals surface area contributed by atoms with Gasteiger partial charge in [0.05, 0.1) is 0 Å². The number of amides is 1. The van der Waals surface area contributed by atoms with Crippen molar-refractivity contribution < 1.29 is 4.79 Å². The summed E-state index contributed by atoms with van der Waals surface area (Å²) in [5, 5.41) is 2.08. The fourth-order valence-electron chi connectivity index (χ4n) is 3.25. The van der Waals surface area contributed by atoms with Crippen LogP contribution in [0.2, 0.25) is 0 Å². The van der Waals surface area contributed by atoms with Gasteiger partial charge in [-0.2, -0.15) is 0 Å². The van der Waals surface area contributed by atoms with E-state index in [-0.39, 0.29) is 0 Å². The molecule has 1 saturated heterocycles. The van der Waals surface area contributed by atoms with Crippen LogP contribution in [-0.2, 0) is 17.6 Å². The van der Waals surface area contributed by atoms with E-state index in [0.717, 1.165) is 38.0 Å². The van der Waals surface area contributed by atoms with Gasteiger partial charge in [-0.25, -0.2) is 0 Å². The number of likely N-dealkylation sites (tertiary alicyclic amines) is 1. The van der Waals surface area contributed by atoms with Crippen LogP contribution in [0.1, 0.15) is 35.4 Å². The second-order valence-corrected chi connectivity index (χ2v) is 7.47. The number of aryl methyl sites for hydroxylation is 2. The van der Waals surface area contributed by atoms with E-state index in [1.165, 1.54) is 16.9 Å². The molecule has 1 atom stereocenters. The van der Waals surface area contributed by atoms with Gasteiger partial charge >= 0.3 is 0 Å². The number of hydrogen-bond acceptors (Lipinski definition) is 3. The fraction of sp³-hybridized carbons (Fsp3) is 0.474. The summed E-state index contributed by atoms with van der Waals surface area (Å²) >= 11 is 1.74. The summed E-state index contributed by atoms with van der Waals surface area (Å²) in [6.07, 6.45) is 6.85. The van der Waals surface area contributed by atoms with Crippen molar-refractivity contribution in [2.75, 3.05) is 13.1 Å². The van der Waals surface area contributed by atoms with Crippen molar-refractivity contribution in [1.29, 1.82) is 0 Å². The summed E-state index contributed by atoms with van der Waals surface area (Å²) in [4.78, 5) is 20.2. The first-order valence-corrected chi connectivity index (χ1v) is 9.30. The first-order valence-electron chi connectivity index (χ1n) is 8.42. The second kappa shape index (κ2) is 7.73. The van der Waals surface area contributed by atoms with Crippen LogP contribution < -0.4 is 0 Å². The number of hydrogen-bond donors (Lipinski definition) is 0. The smallest absolute Gasteiger partial charge is 0.222 e. The molecule has 2 aromatic rings. The summed E-state index contributed by atoms with van der Waals surface area (Å²) in [6.45, 7) is 3.83. The van der Waals surface area contributed by atoms with Crippen LogP contribution in [0.4, 0.5) is 0 Å². The highest BCUT2D eigenvalue weighted by Gasteiger charge is 2.23. The van der Waals surface area contributed by atoms with Crippen molar-refractivity contribution in [3.05, 3.63) is 52.0 Å². The van der Waals surface area contributed by atoms with Crippen molar-refractivity contribution in [3.63, 3.8) is 0 Å². The number of pyridine rings is 1. The topological polar surface area (TPSA) is 33.2 Å². The van der Waals surface area contributed by atoms with Crippen LogP contribution in [0.5, 0.6) is 0 Å². The van der Waals surface area contributed by atoms with Gasteiger partial charge in [0.2, 0.25) is 5.91 Å². The van der Waals surface area contributed by atoms with Crippen molar-refractivity contribution in [1.82, 2.24) is 9.88 Å². The lowest BCUT2D eigenvalue weighted by molar-refractivity contribution is -0.132. The third kappa shape index (κ3) is 4.64. The van der Waals surface area contributed by atoms with E-state index in [0.29, 0.717) is 18.2 Å². The highest BCUT2D eigenvalue weighted by molar-refractivity contribution is 7.09. The van der Waals surface area contributed by atoms with E-state index in [1.807, 2.05) is 13.1 Å². The Morgan fingerprint density at radius 3 is 3.04 bits per heavy atom. The number of carbonyl (C=O) groups is 1. The molecular formula is C19H24N2OS. The van der Waals surface area contributed by atoms with Crippen LogP contribution in [0.15, 0.2) is 35.8 Å². The number of carbonyl (C=O) groups excluding carboxylic acids is 1. The molecule has 2 aromatic heterocycles. The first-order chi connectivity index (χ1) is 11.2. The monoisotopic (exact) mass is 328 g/mol. The molecule has 1 amide bonds. The Morgan fingerprint density at radius 2 is 2.30 bits per heavy atom. The number of rotatable bonds is 5. The maximum absolute atomic E-state index is 12.5. The second-order valence-electron chi connectivity index (χ2n) is 6.44. The highest BCUT2D eigenvalue weighted by Crippen LogP contribution is 2.22. The summed E-state index contributed by atoms with van der Waals surface area (Å²) in [7, 11) is 0. The molecule has 23 heavy (non-hydrogen) atoms. The van der Waals surface area contributed by atoms with Crippen LogP contribution in [-0.4, -0.2) is 28.9 Å². The van der Waals surface area contributed by atoms with Gasteiger partial charge in [-0.3, -0.25) is 9.78 Å². The van der Waals surface area contributed by atoms with Crippen molar-refractivity contribution in [3.8, 4) is 0 Å². The fourth-order valence-corrected chi connectivity index (χ4v) is 3.96. The third-order valence-corrected chi connectivity index (χ3v) is 5.47. The maximum Gasteiger partial charge on any atom is 0.222 e. The van der Waals surface area contributed by atoms with E-state index in [4.69, 9.17) is 0 Å². The highest BCUT2D eigenvalue weighted by atomic mass is 32.1. The van der Waals surface area contributed by atoms with Gasteiger partial charge in [-0.1, -0.05) is 12.1 Å². The largest absolute Gasteiger partial charge is 0.342 e. The number of nitrogens with zero attached hydrogens (tertiary/aromatic N) is 2. The lowest BCUT2D eigenvalue weighted by Crippen LogP contribution is -2.40. The van der Waals surface area contributed by atoms with Gasteiger partial charge in [0.25, 0.3) is 0 Å². The predicted octanol–water partition coefficient (Wildman–Crippen LogP) is 3.87. The number of thiophene rings is 1. The third-order valence-electron chi connectivity index (χ3n) is 4.53. The zero-order valence-electron chi connectivity index (χ0n) is 13.7. The van der Waals surface area contributed by atoms with Crippen molar-refractivity contribution in [2.24, 2.45) is 5.92 Å². The van der Waals surface area contributed by atoms with Crippen molar-refractivity contribution >= 4 is 17.2 Å². The Kier molecular flexibility index (Phi) is 5.44. The molecule has 0 aliphatic carbocycles. The Balaban J connectivity index is 1.51. The van der Waals surface area contributed by atoms with Crippen molar-refractivity contribution in [2.45, 2.75) is 39.0 Å². The first kappa shape index (κ1) is 16.2. The average molecular weight is 328 g/mol. The minimum atomic E-state index is 0.310. The summed E-state index contributed by atoms with van der Waals surface area (Å²) in [5.74, 6) is 0.879. The average Bonchev–Trinajstić information content (AvgIpc) is 3.08.